The van der Waals surface area contributed by atoms with Crippen molar-refractivity contribution < 1.29 is 9.90 Å². The zero-order chi connectivity index (χ0) is 10.6. The minimum atomic E-state index is -1.08. The normalized spacial score (nSPS) is 13.0. The molecule has 0 radical (unpaired) electrons. The Morgan fingerprint density at radius 1 is 1.43 bits per heavy atom. The molecule has 0 spiro atoms. The van der Waals surface area contributed by atoms with E-state index in [1.807, 2.05) is 0 Å². The summed E-state index contributed by atoms with van der Waals surface area (Å²) in [5.74, 6) is -1.08. The molecule has 1 aromatic rings. The lowest BCUT2D eigenvalue weighted by Gasteiger charge is -1.95. The average Bonchev–Trinajstić information content (AvgIpc) is 2.16. The van der Waals surface area contributed by atoms with Gasteiger partial charge in [-0.2, -0.15) is 10.2 Å². The number of rotatable bonds is 3. The van der Waals surface area contributed by atoms with Gasteiger partial charge in [0.05, 0.1) is 5.69 Å². The standard InChI is InChI=1S/C8H6BrClN2O2/c9-7(8(13)14)12-11-6-3-1-5(10)2-4-6/h1-4,7H,(H,13,14). The third kappa shape index (κ3) is 3.43. The Morgan fingerprint density at radius 3 is 2.50 bits per heavy atom. The first-order chi connectivity index (χ1) is 6.59. The topological polar surface area (TPSA) is 62.0 Å². The summed E-state index contributed by atoms with van der Waals surface area (Å²) in [4.78, 5) is 9.34. The largest absolute Gasteiger partial charge is 0.479 e. The van der Waals surface area contributed by atoms with Gasteiger partial charge in [-0.3, -0.25) is 0 Å². The Kier molecular flexibility index (Phi) is 4.03. The Hall–Kier alpha value is -0.940. The SMILES string of the molecule is O=C(O)C(Br)N=Nc1ccc(Cl)cc1. The minimum Gasteiger partial charge on any atom is -0.479 e. The number of benzene rings is 1. The lowest BCUT2D eigenvalue weighted by Crippen LogP contribution is -2.08. The molecule has 1 N–H and O–H groups in total. The molecule has 1 unspecified atom stereocenters. The van der Waals surface area contributed by atoms with E-state index in [1.54, 1.807) is 24.3 Å². The molecule has 0 aromatic heterocycles. The summed E-state index contributed by atoms with van der Waals surface area (Å²) in [6, 6.07) is 6.60. The van der Waals surface area contributed by atoms with Gasteiger partial charge in [0.2, 0.25) is 4.95 Å². The number of alkyl halides is 1. The van der Waals surface area contributed by atoms with Crippen LogP contribution in [0, 0.1) is 0 Å². The monoisotopic (exact) mass is 276 g/mol. The zero-order valence-electron chi connectivity index (χ0n) is 6.89. The summed E-state index contributed by atoms with van der Waals surface area (Å²) < 4.78 is 0. The van der Waals surface area contributed by atoms with Gasteiger partial charge >= 0.3 is 5.97 Å². The molecule has 0 amide bonds. The maximum atomic E-state index is 10.4. The number of nitrogens with zero attached hydrogens (tertiary/aromatic N) is 2. The number of azo groups is 1. The van der Waals surface area contributed by atoms with Crippen LogP contribution >= 0.6 is 27.5 Å². The first-order valence-corrected chi connectivity index (χ1v) is 4.92. The highest BCUT2D eigenvalue weighted by Gasteiger charge is 2.09. The van der Waals surface area contributed by atoms with Gasteiger partial charge in [0.15, 0.2) is 0 Å². The fourth-order valence-corrected chi connectivity index (χ4v) is 0.892. The number of hydrogen-bond acceptors (Lipinski definition) is 3. The number of carboxylic acids is 1. The van der Waals surface area contributed by atoms with Crippen molar-refractivity contribution >= 4 is 39.2 Å². The second-order valence-corrected chi connectivity index (χ2v) is 3.67. The molecule has 0 fully saturated rings. The van der Waals surface area contributed by atoms with Crippen LogP contribution in [0.25, 0.3) is 0 Å². The van der Waals surface area contributed by atoms with Crippen molar-refractivity contribution in [2.24, 2.45) is 10.2 Å². The molecule has 74 valence electrons. The lowest BCUT2D eigenvalue weighted by atomic mass is 10.3. The fourth-order valence-electron chi connectivity index (χ4n) is 0.675. The summed E-state index contributed by atoms with van der Waals surface area (Å²) in [6.45, 7) is 0. The molecule has 1 atom stereocenters. The van der Waals surface area contributed by atoms with Gasteiger partial charge in [-0.25, -0.2) is 4.79 Å². The van der Waals surface area contributed by atoms with Crippen molar-refractivity contribution in [3.8, 4) is 0 Å². The quantitative estimate of drug-likeness (QED) is 0.524. The smallest absolute Gasteiger partial charge is 0.341 e. The van der Waals surface area contributed by atoms with Crippen LogP contribution in [-0.2, 0) is 4.79 Å². The van der Waals surface area contributed by atoms with Crippen molar-refractivity contribution in [3.63, 3.8) is 0 Å². The molecule has 6 heteroatoms. The van der Waals surface area contributed by atoms with E-state index >= 15 is 0 Å². The Bertz CT molecular complexity index is 353. The number of carbonyl (C=O) groups is 1. The summed E-state index contributed by atoms with van der Waals surface area (Å²) in [7, 11) is 0. The highest BCUT2D eigenvalue weighted by molar-refractivity contribution is 9.10. The van der Waals surface area contributed by atoms with E-state index in [1.165, 1.54) is 0 Å². The minimum absolute atomic E-state index is 0.556. The fraction of sp³-hybridized carbons (Fsp3) is 0.125. The van der Waals surface area contributed by atoms with Crippen molar-refractivity contribution in [2.75, 3.05) is 0 Å². The third-order valence-electron chi connectivity index (χ3n) is 1.30. The van der Waals surface area contributed by atoms with Gasteiger partial charge in [0.25, 0.3) is 0 Å². The Morgan fingerprint density at radius 2 is 2.00 bits per heavy atom. The van der Waals surface area contributed by atoms with E-state index in [4.69, 9.17) is 16.7 Å². The molecule has 1 rings (SSSR count). The summed E-state index contributed by atoms with van der Waals surface area (Å²) >= 11 is 8.48. The molecular formula is C8H6BrClN2O2. The molecular weight excluding hydrogens is 271 g/mol. The highest BCUT2D eigenvalue weighted by atomic mass is 79.9. The Labute approximate surface area is 93.7 Å². The van der Waals surface area contributed by atoms with E-state index in [0.29, 0.717) is 10.7 Å². The lowest BCUT2D eigenvalue weighted by molar-refractivity contribution is -0.136. The first-order valence-electron chi connectivity index (χ1n) is 3.63. The van der Waals surface area contributed by atoms with E-state index in [9.17, 15) is 4.79 Å². The van der Waals surface area contributed by atoms with Crippen LogP contribution in [0.1, 0.15) is 0 Å². The first kappa shape index (κ1) is 11.1. The van der Waals surface area contributed by atoms with Crippen LogP contribution in [0.2, 0.25) is 5.02 Å². The van der Waals surface area contributed by atoms with Gasteiger partial charge < -0.3 is 5.11 Å². The molecule has 0 aliphatic heterocycles. The number of hydrogen-bond donors (Lipinski definition) is 1. The van der Waals surface area contributed by atoms with Gasteiger partial charge in [-0.15, -0.1) is 0 Å². The molecule has 0 bridgehead atoms. The van der Waals surface area contributed by atoms with Crippen molar-refractivity contribution in [2.45, 2.75) is 4.95 Å². The molecule has 4 nitrogen and oxygen atoms in total. The van der Waals surface area contributed by atoms with E-state index in [-0.39, 0.29) is 0 Å². The molecule has 0 heterocycles. The summed E-state index contributed by atoms with van der Waals surface area (Å²) in [5, 5.41) is 16.3. The van der Waals surface area contributed by atoms with Gasteiger partial charge in [0.1, 0.15) is 0 Å². The van der Waals surface area contributed by atoms with Crippen LogP contribution in [0.3, 0.4) is 0 Å². The molecule has 1 aromatic carbocycles. The van der Waals surface area contributed by atoms with E-state index in [2.05, 4.69) is 26.2 Å². The second-order valence-electron chi connectivity index (χ2n) is 2.37. The van der Waals surface area contributed by atoms with Gasteiger partial charge in [-0.05, 0) is 40.2 Å². The van der Waals surface area contributed by atoms with Gasteiger partial charge in [0, 0.05) is 5.02 Å². The number of carboxylic acid groups (broad SMARTS) is 1. The van der Waals surface area contributed by atoms with Crippen molar-refractivity contribution in [3.05, 3.63) is 29.3 Å². The van der Waals surface area contributed by atoms with E-state index < -0.39 is 10.9 Å². The number of aliphatic carboxylic acids is 1. The maximum absolute atomic E-state index is 10.4. The number of halogens is 2. The van der Waals surface area contributed by atoms with Crippen molar-refractivity contribution in [1.29, 1.82) is 0 Å². The van der Waals surface area contributed by atoms with Crippen LogP contribution < -0.4 is 0 Å². The molecule has 0 saturated heterocycles. The van der Waals surface area contributed by atoms with Crippen LogP contribution in [0.5, 0.6) is 0 Å². The highest BCUT2D eigenvalue weighted by Crippen LogP contribution is 2.17. The van der Waals surface area contributed by atoms with Gasteiger partial charge in [-0.1, -0.05) is 11.6 Å². The summed E-state index contributed by atoms with van der Waals surface area (Å²) in [6.07, 6.45) is 0. The molecule has 0 aliphatic carbocycles. The van der Waals surface area contributed by atoms with Crippen molar-refractivity contribution in [1.82, 2.24) is 0 Å². The Balaban J connectivity index is 2.69. The molecule has 0 aliphatic rings. The third-order valence-corrected chi connectivity index (χ3v) is 2.13. The van der Waals surface area contributed by atoms with Crippen LogP contribution in [0.4, 0.5) is 5.69 Å². The van der Waals surface area contributed by atoms with E-state index in [0.717, 1.165) is 0 Å². The summed E-state index contributed by atoms with van der Waals surface area (Å²) in [5.41, 5.74) is 0.556. The molecule has 14 heavy (non-hydrogen) atoms. The van der Waals surface area contributed by atoms with Crippen LogP contribution in [0.15, 0.2) is 34.5 Å². The molecule has 0 saturated carbocycles. The van der Waals surface area contributed by atoms with Crippen LogP contribution in [-0.4, -0.2) is 16.0 Å². The maximum Gasteiger partial charge on any atom is 0.341 e. The zero-order valence-corrected chi connectivity index (χ0v) is 9.23. The average molecular weight is 278 g/mol. The second kappa shape index (κ2) is 5.07. The predicted octanol–water partition coefficient (Wildman–Crippen LogP) is 3.23. The predicted molar refractivity (Wildman–Crippen MR) is 56.3 cm³/mol.